The van der Waals surface area contributed by atoms with Gasteiger partial charge in [-0.2, -0.15) is 0 Å². The average Bonchev–Trinajstić information content (AvgIpc) is 2.62. The zero-order valence-electron chi connectivity index (χ0n) is 10.4. The summed E-state index contributed by atoms with van der Waals surface area (Å²) >= 11 is 0. The Hall–Kier alpha value is -2.05. The van der Waals surface area contributed by atoms with Crippen LogP contribution < -0.4 is 16.0 Å². The lowest BCUT2D eigenvalue weighted by Gasteiger charge is -2.21. The van der Waals surface area contributed by atoms with Crippen molar-refractivity contribution in [3.05, 3.63) is 12.2 Å². The third-order valence-corrected chi connectivity index (χ3v) is 2.30. The lowest BCUT2D eigenvalue weighted by molar-refractivity contribution is -0.148. The number of esters is 1. The normalized spacial score (nSPS) is 19.4. The molecule has 0 aromatic carbocycles. The Morgan fingerprint density at radius 2 is 2.22 bits per heavy atom. The molecule has 1 fully saturated rings. The van der Waals surface area contributed by atoms with Gasteiger partial charge in [-0.1, -0.05) is 6.58 Å². The Morgan fingerprint density at radius 1 is 1.56 bits per heavy atom. The Bertz CT molecular complexity index is 380. The Morgan fingerprint density at radius 3 is 2.67 bits per heavy atom. The summed E-state index contributed by atoms with van der Waals surface area (Å²) in [5, 5.41) is 7.73. The van der Waals surface area contributed by atoms with Crippen LogP contribution in [0.25, 0.3) is 0 Å². The van der Waals surface area contributed by atoms with Crippen LogP contribution in [0.5, 0.6) is 0 Å². The maximum Gasteiger partial charge on any atom is 0.335 e. The molecule has 0 aromatic heterocycles. The van der Waals surface area contributed by atoms with Crippen molar-refractivity contribution in [1.82, 2.24) is 16.0 Å². The van der Waals surface area contributed by atoms with E-state index in [4.69, 9.17) is 4.74 Å². The second-order valence-electron chi connectivity index (χ2n) is 4.16. The lowest BCUT2D eigenvalue weighted by atomic mass is 10.2. The third-order valence-electron chi connectivity index (χ3n) is 2.30. The highest BCUT2D eigenvalue weighted by atomic mass is 16.6. The summed E-state index contributed by atoms with van der Waals surface area (Å²) < 4.78 is 5.07. The van der Waals surface area contributed by atoms with Crippen LogP contribution in [0.4, 0.5) is 4.79 Å². The molecule has 0 aromatic rings. The molecule has 1 aliphatic rings. The fourth-order valence-electron chi connectivity index (χ4n) is 1.50. The molecule has 3 amide bonds. The van der Waals surface area contributed by atoms with Gasteiger partial charge in [-0.15, -0.1) is 0 Å². The predicted octanol–water partition coefficient (Wildman–Crippen LogP) is -0.361. The van der Waals surface area contributed by atoms with Crippen LogP contribution in [-0.2, 0) is 14.3 Å². The molecule has 0 aliphatic carbocycles. The summed E-state index contributed by atoms with van der Waals surface area (Å²) in [6.07, 6.45) is -0.478. The van der Waals surface area contributed by atoms with Gasteiger partial charge in [0.1, 0.15) is 0 Å². The van der Waals surface area contributed by atoms with E-state index in [2.05, 4.69) is 22.5 Å². The fourth-order valence-corrected chi connectivity index (χ4v) is 1.50. The lowest BCUT2D eigenvalue weighted by Crippen LogP contribution is -2.42. The van der Waals surface area contributed by atoms with Gasteiger partial charge in [-0.05, 0) is 6.92 Å². The first kappa shape index (κ1) is 14.0. The molecule has 7 heteroatoms. The Kier molecular flexibility index (Phi) is 4.70. The van der Waals surface area contributed by atoms with Crippen LogP contribution in [0, 0.1) is 0 Å². The number of hydrogen-bond acceptors (Lipinski definition) is 4. The highest BCUT2D eigenvalue weighted by Gasteiger charge is 2.26. The molecule has 0 spiro atoms. The predicted molar refractivity (Wildman–Crippen MR) is 63.5 cm³/mol. The molecule has 0 bridgehead atoms. The van der Waals surface area contributed by atoms with E-state index in [0.29, 0.717) is 13.0 Å². The molecule has 1 saturated heterocycles. The molecule has 1 aliphatic heterocycles. The van der Waals surface area contributed by atoms with Gasteiger partial charge in [0.2, 0.25) is 5.91 Å². The molecule has 1 heterocycles. The van der Waals surface area contributed by atoms with Crippen molar-refractivity contribution >= 4 is 17.9 Å². The average molecular weight is 255 g/mol. The minimum Gasteiger partial charge on any atom is -0.438 e. The van der Waals surface area contributed by atoms with Crippen LogP contribution in [0.3, 0.4) is 0 Å². The Labute approximate surface area is 105 Å². The summed E-state index contributed by atoms with van der Waals surface area (Å²) in [7, 11) is 0. The van der Waals surface area contributed by atoms with Gasteiger partial charge in [-0.3, -0.25) is 4.79 Å². The third kappa shape index (κ3) is 4.44. The second kappa shape index (κ2) is 6.04. The zero-order chi connectivity index (χ0) is 13.7. The van der Waals surface area contributed by atoms with Gasteiger partial charge < -0.3 is 20.7 Å². The van der Waals surface area contributed by atoms with Gasteiger partial charge >= 0.3 is 12.0 Å². The summed E-state index contributed by atoms with van der Waals surface area (Å²) in [5.74, 6) is -0.891. The van der Waals surface area contributed by atoms with E-state index in [9.17, 15) is 14.4 Å². The molecule has 2 atom stereocenters. The van der Waals surface area contributed by atoms with Crippen LogP contribution in [0.1, 0.15) is 20.3 Å². The zero-order valence-corrected chi connectivity index (χ0v) is 10.4. The first-order chi connectivity index (χ1) is 8.38. The van der Waals surface area contributed by atoms with Crippen molar-refractivity contribution in [2.45, 2.75) is 32.5 Å². The van der Waals surface area contributed by atoms with Crippen LogP contribution in [0.15, 0.2) is 12.2 Å². The topological polar surface area (TPSA) is 96.5 Å². The largest absolute Gasteiger partial charge is 0.438 e. The number of carbonyl (C=O) groups is 3. The molecular formula is C11H17N3O4. The molecule has 100 valence electrons. The van der Waals surface area contributed by atoms with E-state index in [0.717, 1.165) is 0 Å². The van der Waals surface area contributed by atoms with Crippen molar-refractivity contribution in [2.75, 3.05) is 6.54 Å². The van der Waals surface area contributed by atoms with E-state index in [1.807, 2.05) is 0 Å². The first-order valence-corrected chi connectivity index (χ1v) is 5.56. The maximum absolute atomic E-state index is 11.4. The minimum atomic E-state index is -0.781. The quantitative estimate of drug-likeness (QED) is 0.355. The molecule has 0 radical (unpaired) electrons. The summed E-state index contributed by atoms with van der Waals surface area (Å²) in [4.78, 5) is 33.4. The number of hydrogen-bond donors (Lipinski definition) is 3. The van der Waals surface area contributed by atoms with E-state index in [1.54, 1.807) is 0 Å². The molecule has 3 N–H and O–H groups in total. The minimum absolute atomic E-state index is 0.188. The van der Waals surface area contributed by atoms with Gasteiger partial charge in [-0.25, -0.2) is 9.59 Å². The van der Waals surface area contributed by atoms with Crippen molar-refractivity contribution in [3.8, 4) is 0 Å². The summed E-state index contributed by atoms with van der Waals surface area (Å²) in [6.45, 7) is 6.74. The van der Waals surface area contributed by atoms with Gasteiger partial charge in [0.05, 0.1) is 6.04 Å². The van der Waals surface area contributed by atoms with Crippen molar-refractivity contribution in [3.63, 3.8) is 0 Å². The summed E-state index contributed by atoms with van der Waals surface area (Å²) in [6, 6.07) is -0.458. The number of ether oxygens (including phenoxy) is 1. The fraction of sp³-hybridized carbons (Fsp3) is 0.545. The van der Waals surface area contributed by atoms with Gasteiger partial charge in [0, 0.05) is 25.5 Å². The van der Waals surface area contributed by atoms with Crippen molar-refractivity contribution in [2.24, 2.45) is 0 Å². The smallest absolute Gasteiger partial charge is 0.335 e. The second-order valence-corrected chi connectivity index (χ2v) is 4.16. The van der Waals surface area contributed by atoms with Crippen molar-refractivity contribution in [1.29, 1.82) is 0 Å². The number of urea groups is 1. The SMILES string of the molecule is C=C(C)C(=O)OC(CC1CNC(=O)N1)NC(C)=O. The number of amides is 3. The van der Waals surface area contributed by atoms with E-state index in [1.165, 1.54) is 13.8 Å². The van der Waals surface area contributed by atoms with Crippen molar-refractivity contribution < 1.29 is 19.1 Å². The molecule has 1 rings (SSSR count). The molecule has 7 nitrogen and oxygen atoms in total. The summed E-state index contributed by atoms with van der Waals surface area (Å²) in [5.41, 5.74) is 0.249. The Balaban J connectivity index is 2.54. The van der Waals surface area contributed by atoms with Crippen LogP contribution in [0.2, 0.25) is 0 Å². The molecular weight excluding hydrogens is 238 g/mol. The molecule has 2 unspecified atom stereocenters. The molecule has 0 saturated carbocycles. The number of rotatable bonds is 5. The van der Waals surface area contributed by atoms with Gasteiger partial charge in [0.15, 0.2) is 6.23 Å². The number of nitrogens with one attached hydrogen (secondary N) is 3. The van der Waals surface area contributed by atoms with E-state index in [-0.39, 0.29) is 23.6 Å². The first-order valence-electron chi connectivity index (χ1n) is 5.56. The van der Waals surface area contributed by atoms with Gasteiger partial charge in [0.25, 0.3) is 0 Å². The van der Waals surface area contributed by atoms with E-state index >= 15 is 0 Å². The number of carbonyl (C=O) groups excluding carboxylic acids is 3. The van der Waals surface area contributed by atoms with Crippen LogP contribution >= 0.6 is 0 Å². The standard InChI is InChI=1S/C11H17N3O4/c1-6(2)10(16)18-9(13-7(3)15)4-8-5-12-11(17)14-8/h8-9H,1,4-5H2,2-3H3,(H,13,15)(H2,12,14,17). The monoisotopic (exact) mass is 255 g/mol. The van der Waals surface area contributed by atoms with Crippen LogP contribution in [-0.4, -0.2) is 36.7 Å². The highest BCUT2D eigenvalue weighted by Crippen LogP contribution is 2.06. The molecule has 18 heavy (non-hydrogen) atoms. The maximum atomic E-state index is 11.4. The highest BCUT2D eigenvalue weighted by molar-refractivity contribution is 5.87. The van der Waals surface area contributed by atoms with E-state index < -0.39 is 12.2 Å².